The molecule has 1 unspecified atom stereocenters. The number of carbonyl (C=O) groups excluding carboxylic acids is 3. The molecule has 2 aliphatic heterocycles. The SMILES string of the molecule is C=C1CCC(N2C(=O)C=C(NCc3ccccc3)C2=O)C(=O)N1. The number of nitrogens with one attached hydrogen (secondary N) is 2. The molecule has 0 aliphatic carbocycles. The van der Waals surface area contributed by atoms with Gasteiger partial charge in [-0.05, 0) is 18.4 Å². The summed E-state index contributed by atoms with van der Waals surface area (Å²) in [6.07, 6.45) is 2.21. The van der Waals surface area contributed by atoms with E-state index in [9.17, 15) is 14.4 Å². The number of amides is 3. The van der Waals surface area contributed by atoms with Gasteiger partial charge in [-0.1, -0.05) is 36.9 Å². The van der Waals surface area contributed by atoms with Gasteiger partial charge in [-0.2, -0.15) is 0 Å². The predicted molar refractivity (Wildman–Crippen MR) is 83.5 cm³/mol. The summed E-state index contributed by atoms with van der Waals surface area (Å²) in [5.74, 6) is -1.28. The summed E-state index contributed by atoms with van der Waals surface area (Å²) in [6.45, 7) is 4.13. The largest absolute Gasteiger partial charge is 0.376 e. The molecule has 0 aromatic heterocycles. The molecule has 0 radical (unpaired) electrons. The molecule has 1 atom stereocenters. The second-order valence-corrected chi connectivity index (χ2v) is 5.56. The third kappa shape index (κ3) is 3.01. The van der Waals surface area contributed by atoms with Gasteiger partial charge in [0.2, 0.25) is 5.91 Å². The van der Waals surface area contributed by atoms with Crippen LogP contribution in [0.3, 0.4) is 0 Å². The van der Waals surface area contributed by atoms with Gasteiger partial charge >= 0.3 is 0 Å². The molecule has 2 heterocycles. The minimum absolute atomic E-state index is 0.219. The van der Waals surface area contributed by atoms with Gasteiger partial charge in [0.25, 0.3) is 11.8 Å². The minimum Gasteiger partial charge on any atom is -0.376 e. The van der Waals surface area contributed by atoms with Crippen molar-refractivity contribution < 1.29 is 14.4 Å². The van der Waals surface area contributed by atoms with Crippen LogP contribution in [0.15, 0.2) is 54.4 Å². The molecule has 3 rings (SSSR count). The van der Waals surface area contributed by atoms with E-state index in [0.29, 0.717) is 25.1 Å². The molecule has 23 heavy (non-hydrogen) atoms. The number of piperidine rings is 1. The Balaban J connectivity index is 1.68. The Morgan fingerprint density at radius 1 is 1.22 bits per heavy atom. The number of rotatable bonds is 4. The number of hydrogen-bond acceptors (Lipinski definition) is 4. The highest BCUT2D eigenvalue weighted by molar-refractivity contribution is 6.17. The van der Waals surface area contributed by atoms with Gasteiger partial charge in [0.15, 0.2) is 0 Å². The lowest BCUT2D eigenvalue weighted by Crippen LogP contribution is -2.52. The zero-order valence-electron chi connectivity index (χ0n) is 12.5. The van der Waals surface area contributed by atoms with Crippen molar-refractivity contribution in [3.05, 3.63) is 59.9 Å². The van der Waals surface area contributed by atoms with E-state index in [1.165, 1.54) is 6.08 Å². The van der Waals surface area contributed by atoms with Crippen molar-refractivity contribution in [1.82, 2.24) is 15.5 Å². The average molecular weight is 311 g/mol. The molecule has 3 amide bonds. The lowest BCUT2D eigenvalue weighted by Gasteiger charge is -2.29. The standard InChI is InChI=1S/C17H17N3O3/c1-11-7-8-14(16(22)19-11)20-15(21)9-13(17(20)23)18-10-12-5-3-2-4-6-12/h2-6,9,14,18H,1,7-8,10H2,(H,19,22). The topological polar surface area (TPSA) is 78.5 Å². The number of hydrogen-bond donors (Lipinski definition) is 2. The van der Waals surface area contributed by atoms with E-state index < -0.39 is 17.9 Å². The third-order valence-corrected chi connectivity index (χ3v) is 3.91. The molecule has 1 aromatic rings. The van der Waals surface area contributed by atoms with Crippen LogP contribution in [-0.4, -0.2) is 28.7 Å². The highest BCUT2D eigenvalue weighted by Gasteiger charge is 2.41. The maximum atomic E-state index is 12.4. The first-order valence-corrected chi connectivity index (χ1v) is 7.42. The van der Waals surface area contributed by atoms with Gasteiger partial charge in [-0.15, -0.1) is 0 Å². The van der Waals surface area contributed by atoms with Crippen LogP contribution in [0.1, 0.15) is 18.4 Å². The van der Waals surface area contributed by atoms with E-state index in [4.69, 9.17) is 0 Å². The van der Waals surface area contributed by atoms with Crippen LogP contribution in [0.5, 0.6) is 0 Å². The molecule has 1 fully saturated rings. The van der Waals surface area contributed by atoms with Crippen LogP contribution in [0, 0.1) is 0 Å². The first-order chi connectivity index (χ1) is 11.1. The molecule has 2 aliphatic rings. The van der Waals surface area contributed by atoms with Crippen LogP contribution in [-0.2, 0) is 20.9 Å². The highest BCUT2D eigenvalue weighted by Crippen LogP contribution is 2.22. The maximum Gasteiger partial charge on any atom is 0.277 e. The summed E-state index contributed by atoms with van der Waals surface area (Å²) in [5.41, 5.74) is 1.83. The normalized spacial score (nSPS) is 21.3. The molecular formula is C17H17N3O3. The first kappa shape index (κ1) is 15.0. The van der Waals surface area contributed by atoms with Crippen LogP contribution in [0.25, 0.3) is 0 Å². The number of imide groups is 1. The third-order valence-electron chi connectivity index (χ3n) is 3.91. The molecule has 0 saturated carbocycles. The lowest BCUT2D eigenvalue weighted by molar-refractivity contribution is -0.146. The van der Waals surface area contributed by atoms with Gasteiger partial charge in [-0.3, -0.25) is 19.3 Å². The van der Waals surface area contributed by atoms with Crippen molar-refractivity contribution in [3.63, 3.8) is 0 Å². The number of allylic oxidation sites excluding steroid dienone is 1. The minimum atomic E-state index is -0.771. The Labute approximate surface area is 133 Å². The van der Waals surface area contributed by atoms with Crippen molar-refractivity contribution >= 4 is 17.7 Å². The maximum absolute atomic E-state index is 12.4. The molecule has 1 aromatic carbocycles. The summed E-state index contributed by atoms with van der Waals surface area (Å²) in [5, 5.41) is 5.57. The molecule has 0 bridgehead atoms. The molecule has 6 heteroatoms. The van der Waals surface area contributed by atoms with E-state index in [1.807, 2.05) is 30.3 Å². The summed E-state index contributed by atoms with van der Waals surface area (Å²) in [7, 11) is 0. The number of nitrogens with zero attached hydrogens (tertiary/aromatic N) is 1. The fraction of sp³-hybridized carbons (Fsp3) is 0.235. The summed E-state index contributed by atoms with van der Waals surface area (Å²) >= 11 is 0. The van der Waals surface area contributed by atoms with Crippen molar-refractivity contribution in [2.75, 3.05) is 0 Å². The van der Waals surface area contributed by atoms with Gasteiger partial charge < -0.3 is 10.6 Å². The van der Waals surface area contributed by atoms with E-state index in [0.717, 1.165) is 10.5 Å². The fourth-order valence-electron chi connectivity index (χ4n) is 2.71. The van der Waals surface area contributed by atoms with Crippen LogP contribution in [0.2, 0.25) is 0 Å². The summed E-state index contributed by atoms with van der Waals surface area (Å²) < 4.78 is 0. The second-order valence-electron chi connectivity index (χ2n) is 5.56. The van der Waals surface area contributed by atoms with E-state index in [-0.39, 0.29) is 11.6 Å². The van der Waals surface area contributed by atoms with E-state index >= 15 is 0 Å². The molecule has 1 saturated heterocycles. The fourth-order valence-corrected chi connectivity index (χ4v) is 2.71. The Kier molecular flexibility index (Phi) is 3.97. The van der Waals surface area contributed by atoms with E-state index in [1.54, 1.807) is 0 Å². The number of carbonyl (C=O) groups is 3. The molecular weight excluding hydrogens is 294 g/mol. The molecule has 118 valence electrons. The Hall–Kier alpha value is -2.89. The smallest absolute Gasteiger partial charge is 0.277 e. The Morgan fingerprint density at radius 2 is 1.96 bits per heavy atom. The molecule has 0 spiro atoms. The Morgan fingerprint density at radius 3 is 2.65 bits per heavy atom. The van der Waals surface area contributed by atoms with Gasteiger partial charge in [0.05, 0.1) is 0 Å². The van der Waals surface area contributed by atoms with Gasteiger partial charge in [0, 0.05) is 18.3 Å². The number of benzene rings is 1. The van der Waals surface area contributed by atoms with Crippen LogP contribution >= 0.6 is 0 Å². The zero-order chi connectivity index (χ0) is 16.4. The van der Waals surface area contributed by atoms with Crippen molar-refractivity contribution in [1.29, 1.82) is 0 Å². The molecule has 6 nitrogen and oxygen atoms in total. The van der Waals surface area contributed by atoms with E-state index in [2.05, 4.69) is 17.2 Å². The van der Waals surface area contributed by atoms with Crippen LogP contribution in [0.4, 0.5) is 0 Å². The lowest BCUT2D eigenvalue weighted by atomic mass is 10.0. The summed E-state index contributed by atoms with van der Waals surface area (Å²) in [6, 6.07) is 8.79. The second kappa shape index (κ2) is 6.08. The van der Waals surface area contributed by atoms with Crippen LogP contribution < -0.4 is 10.6 Å². The van der Waals surface area contributed by atoms with Gasteiger partial charge in [0.1, 0.15) is 11.7 Å². The predicted octanol–water partition coefficient (Wildman–Crippen LogP) is 0.821. The van der Waals surface area contributed by atoms with Crippen molar-refractivity contribution in [3.8, 4) is 0 Å². The van der Waals surface area contributed by atoms with Crippen molar-refractivity contribution in [2.45, 2.75) is 25.4 Å². The van der Waals surface area contributed by atoms with Crippen molar-refractivity contribution in [2.24, 2.45) is 0 Å². The highest BCUT2D eigenvalue weighted by atomic mass is 16.2. The monoisotopic (exact) mass is 311 g/mol. The quantitative estimate of drug-likeness (QED) is 0.807. The Bertz CT molecular complexity index is 709. The average Bonchev–Trinajstić information content (AvgIpc) is 2.81. The first-order valence-electron chi connectivity index (χ1n) is 7.42. The zero-order valence-corrected chi connectivity index (χ0v) is 12.5. The summed E-state index contributed by atoms with van der Waals surface area (Å²) in [4.78, 5) is 37.6. The molecule has 2 N–H and O–H groups in total. The van der Waals surface area contributed by atoms with Gasteiger partial charge in [-0.25, -0.2) is 0 Å².